The van der Waals surface area contributed by atoms with Crippen molar-refractivity contribution in [2.45, 2.75) is 6.92 Å². The summed E-state index contributed by atoms with van der Waals surface area (Å²) in [5, 5.41) is 12.4. The highest BCUT2D eigenvalue weighted by molar-refractivity contribution is 5.97. The molecule has 0 aliphatic rings. The maximum Gasteiger partial charge on any atom is 0.267 e. The van der Waals surface area contributed by atoms with Gasteiger partial charge in [-0.25, -0.2) is 4.98 Å². The average molecular weight is 376 g/mol. The van der Waals surface area contributed by atoms with Crippen LogP contribution >= 0.6 is 0 Å². The number of pyridine rings is 1. The second-order valence-corrected chi connectivity index (χ2v) is 6.46. The van der Waals surface area contributed by atoms with Crippen molar-refractivity contribution in [3.8, 4) is 11.1 Å². The number of carbonyl (C=O) groups is 1. The quantitative estimate of drug-likeness (QED) is 0.511. The van der Waals surface area contributed by atoms with Crippen LogP contribution in [0.3, 0.4) is 0 Å². The molecule has 3 heterocycles. The van der Waals surface area contributed by atoms with Crippen LogP contribution in [-0.2, 0) is 7.05 Å². The molecular formula is C22H24N4O2. The first-order valence-corrected chi connectivity index (χ1v) is 9.09. The van der Waals surface area contributed by atoms with Crippen molar-refractivity contribution in [3.63, 3.8) is 0 Å². The second-order valence-electron chi connectivity index (χ2n) is 6.46. The van der Waals surface area contributed by atoms with Crippen LogP contribution in [-0.4, -0.2) is 38.7 Å². The predicted molar refractivity (Wildman–Crippen MR) is 111 cm³/mol. The Balaban J connectivity index is 0.000000271. The fraction of sp³-hybridized carbons (Fsp3) is 0.182. The fourth-order valence-corrected chi connectivity index (χ4v) is 2.90. The maximum absolute atomic E-state index is 11.8. The number of aromatic amines is 1. The summed E-state index contributed by atoms with van der Waals surface area (Å²) in [7, 11) is 1.95. The molecule has 144 valence electrons. The Morgan fingerprint density at radius 3 is 2.68 bits per heavy atom. The van der Waals surface area contributed by atoms with Gasteiger partial charge >= 0.3 is 0 Å². The molecule has 4 aromatic rings. The van der Waals surface area contributed by atoms with Crippen molar-refractivity contribution in [2.24, 2.45) is 7.05 Å². The molecule has 4 rings (SSSR count). The number of rotatable bonds is 4. The Morgan fingerprint density at radius 1 is 1.21 bits per heavy atom. The van der Waals surface area contributed by atoms with Crippen molar-refractivity contribution < 1.29 is 9.90 Å². The number of hydrogen-bond acceptors (Lipinski definition) is 3. The minimum Gasteiger partial charge on any atom is -0.395 e. The van der Waals surface area contributed by atoms with E-state index in [4.69, 9.17) is 5.11 Å². The minimum absolute atomic E-state index is 0.0751. The van der Waals surface area contributed by atoms with Gasteiger partial charge in [-0.1, -0.05) is 35.9 Å². The van der Waals surface area contributed by atoms with Crippen molar-refractivity contribution in [2.75, 3.05) is 13.2 Å². The third-order valence-electron chi connectivity index (χ3n) is 4.34. The molecule has 1 amide bonds. The van der Waals surface area contributed by atoms with Gasteiger partial charge in [0.05, 0.1) is 6.61 Å². The Bertz CT molecular complexity index is 1050. The number of nitrogens with zero attached hydrogens (tertiary/aromatic N) is 2. The molecule has 0 aliphatic heterocycles. The molecule has 6 heteroatoms. The van der Waals surface area contributed by atoms with E-state index in [1.54, 1.807) is 18.5 Å². The van der Waals surface area contributed by atoms with Gasteiger partial charge in [-0.15, -0.1) is 0 Å². The van der Waals surface area contributed by atoms with E-state index in [0.717, 1.165) is 22.2 Å². The summed E-state index contributed by atoms with van der Waals surface area (Å²) in [6.07, 6.45) is 5.52. The first kappa shape index (κ1) is 19.4. The first-order chi connectivity index (χ1) is 13.6. The molecule has 1 aromatic carbocycles. The van der Waals surface area contributed by atoms with E-state index in [0.29, 0.717) is 5.69 Å². The summed E-state index contributed by atoms with van der Waals surface area (Å²) < 4.78 is 1.96. The Kier molecular flexibility index (Phi) is 6.24. The maximum atomic E-state index is 11.8. The van der Waals surface area contributed by atoms with E-state index in [-0.39, 0.29) is 19.1 Å². The van der Waals surface area contributed by atoms with Gasteiger partial charge in [-0.2, -0.15) is 0 Å². The van der Waals surface area contributed by atoms with E-state index in [1.165, 1.54) is 5.56 Å². The summed E-state index contributed by atoms with van der Waals surface area (Å²) in [5.41, 5.74) is 4.66. The predicted octanol–water partition coefficient (Wildman–Crippen LogP) is 3.29. The minimum atomic E-state index is -0.228. The standard InChI is InChI=1S/C15H16N4O2.C7H8/c1-19-6-3-12-11(2-4-16-14(12)19)10-8-13(18-9-10)15(21)17-5-7-20;1-7-5-3-2-4-6-7/h2-4,6,8-9,18,20H,5,7H2,1H3,(H,17,21);2-6H,1H3. The number of hydrogen-bond donors (Lipinski definition) is 3. The van der Waals surface area contributed by atoms with Crippen LogP contribution in [0, 0.1) is 6.92 Å². The van der Waals surface area contributed by atoms with E-state index in [1.807, 2.05) is 48.1 Å². The number of aryl methyl sites for hydroxylation is 2. The number of carbonyl (C=O) groups excluding carboxylic acids is 1. The van der Waals surface area contributed by atoms with Crippen LogP contribution in [0.2, 0.25) is 0 Å². The van der Waals surface area contributed by atoms with Gasteiger partial charge in [0.15, 0.2) is 0 Å². The highest BCUT2D eigenvalue weighted by Crippen LogP contribution is 2.28. The molecule has 0 aliphatic carbocycles. The molecule has 0 bridgehead atoms. The zero-order valence-corrected chi connectivity index (χ0v) is 16.0. The number of benzene rings is 1. The van der Waals surface area contributed by atoms with E-state index in [2.05, 4.69) is 34.3 Å². The summed E-state index contributed by atoms with van der Waals surface area (Å²) in [6.45, 7) is 2.25. The Hall–Kier alpha value is -3.38. The lowest BCUT2D eigenvalue weighted by Gasteiger charge is -2.01. The first-order valence-electron chi connectivity index (χ1n) is 9.09. The number of H-pyrrole nitrogens is 1. The van der Waals surface area contributed by atoms with Gasteiger partial charge in [0.1, 0.15) is 11.3 Å². The van der Waals surface area contributed by atoms with Crippen molar-refractivity contribution in [1.29, 1.82) is 0 Å². The smallest absolute Gasteiger partial charge is 0.267 e. The number of nitrogens with one attached hydrogen (secondary N) is 2. The lowest BCUT2D eigenvalue weighted by Crippen LogP contribution is -2.26. The summed E-state index contributed by atoms with van der Waals surface area (Å²) in [5.74, 6) is -0.228. The normalized spacial score (nSPS) is 10.4. The molecule has 0 radical (unpaired) electrons. The number of fused-ring (bicyclic) bond motifs is 1. The zero-order valence-electron chi connectivity index (χ0n) is 16.0. The van der Waals surface area contributed by atoms with Crippen molar-refractivity contribution >= 4 is 16.9 Å². The van der Waals surface area contributed by atoms with Crippen molar-refractivity contribution in [1.82, 2.24) is 19.9 Å². The highest BCUT2D eigenvalue weighted by atomic mass is 16.3. The summed E-state index contributed by atoms with van der Waals surface area (Å²) >= 11 is 0. The van der Waals surface area contributed by atoms with Gasteiger partial charge in [0.25, 0.3) is 5.91 Å². The number of amides is 1. The van der Waals surface area contributed by atoms with Gasteiger partial charge in [0.2, 0.25) is 0 Å². The molecule has 0 saturated heterocycles. The molecule has 0 spiro atoms. The van der Waals surface area contributed by atoms with Gasteiger partial charge < -0.3 is 20.0 Å². The summed E-state index contributed by atoms with van der Waals surface area (Å²) in [4.78, 5) is 19.2. The third kappa shape index (κ3) is 4.47. The molecule has 6 nitrogen and oxygen atoms in total. The van der Waals surface area contributed by atoms with Gasteiger partial charge in [-0.3, -0.25) is 4.79 Å². The fourth-order valence-electron chi connectivity index (χ4n) is 2.90. The van der Waals surface area contributed by atoms with Crippen LogP contribution in [0.5, 0.6) is 0 Å². The topological polar surface area (TPSA) is 82.9 Å². The van der Waals surface area contributed by atoms with Crippen LogP contribution in [0.4, 0.5) is 0 Å². The molecule has 0 fully saturated rings. The molecule has 0 unspecified atom stereocenters. The Morgan fingerprint density at radius 2 is 2.00 bits per heavy atom. The molecule has 0 atom stereocenters. The van der Waals surface area contributed by atoms with Crippen LogP contribution in [0.1, 0.15) is 16.1 Å². The van der Waals surface area contributed by atoms with Gasteiger partial charge in [-0.05, 0) is 30.7 Å². The highest BCUT2D eigenvalue weighted by Gasteiger charge is 2.12. The third-order valence-corrected chi connectivity index (χ3v) is 4.34. The molecule has 0 saturated carbocycles. The van der Waals surface area contributed by atoms with Crippen LogP contribution in [0.25, 0.3) is 22.2 Å². The number of aliphatic hydroxyl groups excluding tert-OH is 1. The zero-order chi connectivity index (χ0) is 19.9. The summed E-state index contributed by atoms with van der Waals surface area (Å²) in [6, 6.07) is 16.0. The molecular weight excluding hydrogens is 352 g/mol. The van der Waals surface area contributed by atoms with Gasteiger partial charge in [0, 0.05) is 43.1 Å². The van der Waals surface area contributed by atoms with E-state index < -0.39 is 0 Å². The lowest BCUT2D eigenvalue weighted by atomic mass is 10.1. The van der Waals surface area contributed by atoms with E-state index in [9.17, 15) is 4.79 Å². The SMILES string of the molecule is Cc1ccccc1.Cn1ccc2c(-c3c[nH]c(C(=O)NCCO)c3)ccnc21. The van der Waals surface area contributed by atoms with Crippen molar-refractivity contribution in [3.05, 3.63) is 78.4 Å². The number of aromatic nitrogens is 3. The molecule has 3 N–H and O–H groups in total. The molecule has 3 aromatic heterocycles. The van der Waals surface area contributed by atoms with Crippen LogP contribution in [0.15, 0.2) is 67.1 Å². The average Bonchev–Trinajstić information content (AvgIpc) is 3.35. The second kappa shape index (κ2) is 9.01. The van der Waals surface area contributed by atoms with Crippen LogP contribution < -0.4 is 5.32 Å². The Labute approximate surface area is 163 Å². The molecule has 28 heavy (non-hydrogen) atoms. The van der Waals surface area contributed by atoms with E-state index >= 15 is 0 Å². The monoisotopic (exact) mass is 376 g/mol. The largest absolute Gasteiger partial charge is 0.395 e. The number of aliphatic hydroxyl groups is 1. The lowest BCUT2D eigenvalue weighted by molar-refractivity contribution is 0.0940.